The van der Waals surface area contributed by atoms with Gasteiger partial charge in [0.15, 0.2) is 11.0 Å². The van der Waals surface area contributed by atoms with Crippen molar-refractivity contribution in [2.45, 2.75) is 26.7 Å². The molecule has 5 rings (SSSR count). The summed E-state index contributed by atoms with van der Waals surface area (Å²) in [5.74, 6) is -0.308. The first kappa shape index (κ1) is 18.9. The van der Waals surface area contributed by atoms with Crippen LogP contribution in [0.15, 0.2) is 52.1 Å². The molecule has 0 radical (unpaired) electrons. The van der Waals surface area contributed by atoms with Gasteiger partial charge in [-0.1, -0.05) is 18.2 Å². The van der Waals surface area contributed by atoms with Crippen LogP contribution in [0.2, 0.25) is 0 Å². The standard InChI is InChI=1S/C22H22N6OS/c1-14-12-16(15(2)27(14)17-8-4-3-5-9-17)13-18-19(23)28-21(24-20(18)29)30-22(25-28)26-10-6-7-11-26/h3-5,8-9,12-13,23H,6-7,10-11H2,1-2H3/b18-13+,23-19?. The van der Waals surface area contributed by atoms with Gasteiger partial charge in [0, 0.05) is 30.2 Å². The molecule has 0 bridgehead atoms. The number of nitrogens with one attached hydrogen (secondary N) is 1. The number of nitrogens with zero attached hydrogens (tertiary/aromatic N) is 5. The van der Waals surface area contributed by atoms with E-state index in [0.29, 0.717) is 5.17 Å². The second kappa shape index (κ2) is 7.28. The molecule has 1 N–H and O–H groups in total. The van der Waals surface area contributed by atoms with E-state index in [2.05, 4.69) is 31.7 Å². The molecule has 8 heteroatoms. The predicted octanol–water partition coefficient (Wildman–Crippen LogP) is 3.77. The number of carbonyl (C=O) groups is 1. The minimum Gasteiger partial charge on any atom is -0.349 e. The second-order valence-electron chi connectivity index (χ2n) is 7.59. The van der Waals surface area contributed by atoms with E-state index < -0.39 is 0 Å². The normalized spacial score (nSPS) is 20.1. The number of benzene rings is 1. The maximum Gasteiger partial charge on any atom is 0.283 e. The van der Waals surface area contributed by atoms with E-state index in [1.54, 1.807) is 6.08 Å². The number of hydrogen-bond acceptors (Lipinski definition) is 5. The van der Waals surface area contributed by atoms with Gasteiger partial charge in [-0.05, 0) is 68.3 Å². The molecular weight excluding hydrogens is 396 g/mol. The summed E-state index contributed by atoms with van der Waals surface area (Å²) in [7, 11) is 0. The summed E-state index contributed by atoms with van der Waals surface area (Å²) in [5.41, 5.74) is 4.31. The van der Waals surface area contributed by atoms with Crippen LogP contribution in [0.25, 0.3) is 11.8 Å². The van der Waals surface area contributed by atoms with Crippen molar-refractivity contribution >= 4 is 39.9 Å². The molecule has 1 fully saturated rings. The molecule has 0 spiro atoms. The average molecular weight is 419 g/mol. The Morgan fingerprint density at radius 3 is 2.57 bits per heavy atom. The van der Waals surface area contributed by atoms with Gasteiger partial charge in [0.05, 0.1) is 5.57 Å². The zero-order valence-electron chi connectivity index (χ0n) is 16.9. The zero-order valence-corrected chi connectivity index (χ0v) is 17.7. The summed E-state index contributed by atoms with van der Waals surface area (Å²) < 4.78 is 2.15. The monoisotopic (exact) mass is 418 g/mol. The summed E-state index contributed by atoms with van der Waals surface area (Å²) in [5, 5.41) is 16.0. The number of fused-ring (bicyclic) bond motifs is 1. The fraction of sp³-hybridized carbons (Fsp3) is 0.273. The van der Waals surface area contributed by atoms with Crippen LogP contribution in [-0.4, -0.2) is 49.6 Å². The highest BCUT2D eigenvalue weighted by molar-refractivity contribution is 8.26. The first-order valence-corrected chi connectivity index (χ1v) is 10.8. The molecule has 3 aliphatic heterocycles. The minimum absolute atomic E-state index is 0.0798. The first-order valence-electron chi connectivity index (χ1n) is 10.0. The number of carbonyl (C=O) groups excluding carboxylic acids is 1. The summed E-state index contributed by atoms with van der Waals surface area (Å²) >= 11 is 1.37. The van der Waals surface area contributed by atoms with Gasteiger partial charge < -0.3 is 9.47 Å². The van der Waals surface area contributed by atoms with E-state index in [1.165, 1.54) is 16.8 Å². The molecule has 0 unspecified atom stereocenters. The van der Waals surface area contributed by atoms with E-state index in [1.807, 2.05) is 38.1 Å². The van der Waals surface area contributed by atoms with Crippen LogP contribution in [0.4, 0.5) is 0 Å². The van der Waals surface area contributed by atoms with Crippen molar-refractivity contribution in [1.29, 1.82) is 5.41 Å². The highest BCUT2D eigenvalue weighted by Gasteiger charge is 2.37. The number of likely N-dealkylation sites (tertiary alicyclic amines) is 1. The number of amidine groups is 3. The van der Waals surface area contributed by atoms with Crippen LogP contribution < -0.4 is 0 Å². The van der Waals surface area contributed by atoms with Crippen molar-refractivity contribution < 1.29 is 4.79 Å². The number of aliphatic imine (C=N–C) groups is 1. The molecule has 0 atom stereocenters. The molecule has 3 aliphatic rings. The van der Waals surface area contributed by atoms with E-state index in [-0.39, 0.29) is 17.3 Å². The van der Waals surface area contributed by atoms with Crippen molar-refractivity contribution in [3.63, 3.8) is 0 Å². The van der Waals surface area contributed by atoms with Crippen LogP contribution in [-0.2, 0) is 4.79 Å². The smallest absolute Gasteiger partial charge is 0.283 e. The van der Waals surface area contributed by atoms with E-state index >= 15 is 0 Å². The third-order valence-electron chi connectivity index (χ3n) is 5.60. The van der Waals surface area contributed by atoms with Crippen LogP contribution in [0.5, 0.6) is 0 Å². The molecule has 1 amide bonds. The van der Waals surface area contributed by atoms with Crippen molar-refractivity contribution in [1.82, 2.24) is 14.5 Å². The van der Waals surface area contributed by atoms with E-state index in [9.17, 15) is 4.79 Å². The van der Waals surface area contributed by atoms with Crippen LogP contribution in [0, 0.1) is 19.3 Å². The van der Waals surface area contributed by atoms with E-state index in [0.717, 1.165) is 53.7 Å². The molecule has 1 aromatic carbocycles. The maximum absolute atomic E-state index is 12.7. The van der Waals surface area contributed by atoms with Crippen molar-refractivity contribution in [2.24, 2.45) is 10.1 Å². The number of para-hydroxylation sites is 1. The van der Waals surface area contributed by atoms with Gasteiger partial charge in [-0.3, -0.25) is 10.2 Å². The van der Waals surface area contributed by atoms with Crippen molar-refractivity contribution in [3.05, 3.63) is 58.9 Å². The molecule has 1 aromatic heterocycles. The Morgan fingerprint density at radius 2 is 1.83 bits per heavy atom. The Hall–Kier alpha value is -3.13. The Bertz CT molecular complexity index is 1140. The Labute approximate surface area is 179 Å². The largest absolute Gasteiger partial charge is 0.349 e. The SMILES string of the molecule is Cc1cc(/C=C2\C(=N)N3N=C(N4CCCC4)SC3=NC2=O)c(C)n1-c1ccccc1. The predicted molar refractivity (Wildman–Crippen MR) is 121 cm³/mol. The van der Waals surface area contributed by atoms with Gasteiger partial charge in [0.1, 0.15) is 0 Å². The van der Waals surface area contributed by atoms with E-state index in [4.69, 9.17) is 5.41 Å². The van der Waals surface area contributed by atoms with Gasteiger partial charge in [-0.15, -0.1) is 5.10 Å². The molecule has 30 heavy (non-hydrogen) atoms. The van der Waals surface area contributed by atoms with Crippen molar-refractivity contribution in [2.75, 3.05) is 13.1 Å². The number of rotatable bonds is 2. The molecule has 0 aliphatic carbocycles. The van der Waals surface area contributed by atoms with Crippen LogP contribution in [0.1, 0.15) is 29.8 Å². The average Bonchev–Trinajstić information content (AvgIpc) is 3.45. The molecule has 7 nitrogen and oxygen atoms in total. The van der Waals surface area contributed by atoms with Gasteiger partial charge in [0.2, 0.25) is 5.17 Å². The minimum atomic E-state index is -0.388. The third-order valence-corrected chi connectivity index (χ3v) is 6.57. The van der Waals surface area contributed by atoms with Crippen LogP contribution in [0.3, 0.4) is 0 Å². The van der Waals surface area contributed by atoms with Crippen LogP contribution >= 0.6 is 11.8 Å². The lowest BCUT2D eigenvalue weighted by atomic mass is 10.1. The molecule has 152 valence electrons. The molecule has 1 saturated heterocycles. The number of aryl methyl sites for hydroxylation is 1. The summed E-state index contributed by atoms with van der Waals surface area (Å²) in [4.78, 5) is 19.2. The topological polar surface area (TPSA) is 77.1 Å². The van der Waals surface area contributed by atoms with Gasteiger partial charge >= 0.3 is 0 Å². The second-order valence-corrected chi connectivity index (χ2v) is 8.53. The zero-order chi connectivity index (χ0) is 20.8. The Morgan fingerprint density at radius 1 is 1.10 bits per heavy atom. The first-order chi connectivity index (χ1) is 14.5. The lowest BCUT2D eigenvalue weighted by Crippen LogP contribution is -2.35. The number of thioether (sulfide) groups is 1. The highest BCUT2D eigenvalue weighted by Crippen LogP contribution is 2.31. The highest BCUT2D eigenvalue weighted by atomic mass is 32.2. The maximum atomic E-state index is 12.7. The summed E-state index contributed by atoms with van der Waals surface area (Å²) in [6.07, 6.45) is 4.05. The Balaban J connectivity index is 1.50. The lowest BCUT2D eigenvalue weighted by molar-refractivity contribution is -0.114. The summed E-state index contributed by atoms with van der Waals surface area (Å²) in [6, 6.07) is 12.1. The van der Waals surface area contributed by atoms with Gasteiger partial charge in [-0.25, -0.2) is 0 Å². The molecule has 0 saturated carbocycles. The van der Waals surface area contributed by atoms with Gasteiger partial charge in [0.25, 0.3) is 5.91 Å². The molecule has 2 aromatic rings. The molecular formula is C22H22N6OS. The fourth-order valence-corrected chi connectivity index (χ4v) is 5.03. The number of aromatic nitrogens is 1. The lowest BCUT2D eigenvalue weighted by Gasteiger charge is -2.20. The number of hydrogen-bond donors (Lipinski definition) is 1. The Kier molecular flexibility index (Phi) is 4.58. The quantitative estimate of drug-likeness (QED) is 0.754. The number of hydrazone groups is 1. The molecule has 4 heterocycles. The van der Waals surface area contributed by atoms with Crippen molar-refractivity contribution in [3.8, 4) is 5.69 Å². The fourth-order valence-electron chi connectivity index (χ4n) is 4.08. The number of amides is 1. The summed E-state index contributed by atoms with van der Waals surface area (Å²) in [6.45, 7) is 5.98. The van der Waals surface area contributed by atoms with Gasteiger partial charge in [-0.2, -0.15) is 10.0 Å². The third kappa shape index (κ3) is 3.08.